The Balaban J connectivity index is 3.23. The van der Waals surface area contributed by atoms with Gasteiger partial charge in [-0.1, -0.05) is 6.92 Å². The molecule has 19 heavy (non-hydrogen) atoms. The van der Waals surface area contributed by atoms with Gasteiger partial charge in [-0.15, -0.1) is 0 Å². The molecular formula is C11H11FN2O4S. The van der Waals surface area contributed by atoms with Crippen molar-refractivity contribution < 1.29 is 22.7 Å². The van der Waals surface area contributed by atoms with Gasteiger partial charge < -0.3 is 5.11 Å². The van der Waals surface area contributed by atoms with Gasteiger partial charge in [0.25, 0.3) is 0 Å². The molecule has 8 heteroatoms. The highest BCUT2D eigenvalue weighted by molar-refractivity contribution is 7.93. The van der Waals surface area contributed by atoms with Crippen molar-refractivity contribution >= 4 is 21.7 Å². The van der Waals surface area contributed by atoms with Crippen molar-refractivity contribution in [2.75, 3.05) is 4.72 Å². The lowest BCUT2D eigenvalue weighted by Crippen LogP contribution is -2.26. The maximum atomic E-state index is 13.1. The number of carboxylic acid groups (broad SMARTS) is 1. The largest absolute Gasteiger partial charge is 0.478 e. The van der Waals surface area contributed by atoms with Gasteiger partial charge in [0, 0.05) is 0 Å². The van der Waals surface area contributed by atoms with Crippen molar-refractivity contribution in [1.29, 1.82) is 5.26 Å². The standard InChI is InChI=1S/C11H11FN2O4S/c1-2-8(6-13)19(17,18)14-10-5-7(12)3-4-9(10)11(15)16/h3-5,8,14H,2H2,1H3,(H,15,16). The summed E-state index contributed by atoms with van der Waals surface area (Å²) in [6.07, 6.45) is 0.0313. The van der Waals surface area contributed by atoms with E-state index in [4.69, 9.17) is 10.4 Å². The molecule has 0 aliphatic rings. The van der Waals surface area contributed by atoms with Crippen LogP contribution in [0.15, 0.2) is 18.2 Å². The second-order valence-electron chi connectivity index (χ2n) is 3.67. The van der Waals surface area contributed by atoms with E-state index >= 15 is 0 Å². The van der Waals surface area contributed by atoms with Crippen LogP contribution in [0.5, 0.6) is 0 Å². The van der Waals surface area contributed by atoms with Gasteiger partial charge in [-0.2, -0.15) is 5.26 Å². The van der Waals surface area contributed by atoms with Crippen LogP contribution in [0.3, 0.4) is 0 Å². The molecule has 1 rings (SSSR count). The Kier molecular flexibility index (Phi) is 4.45. The summed E-state index contributed by atoms with van der Waals surface area (Å²) in [6, 6.07) is 4.19. The SMILES string of the molecule is CCC(C#N)S(=O)(=O)Nc1cc(F)ccc1C(=O)O. The predicted molar refractivity (Wildman–Crippen MR) is 65.6 cm³/mol. The molecule has 1 atom stereocenters. The smallest absolute Gasteiger partial charge is 0.337 e. The minimum absolute atomic E-state index is 0.0313. The fourth-order valence-electron chi connectivity index (χ4n) is 1.39. The zero-order chi connectivity index (χ0) is 14.6. The highest BCUT2D eigenvalue weighted by Crippen LogP contribution is 2.20. The topological polar surface area (TPSA) is 107 Å². The maximum Gasteiger partial charge on any atom is 0.337 e. The summed E-state index contributed by atoms with van der Waals surface area (Å²) in [5, 5.41) is 16.3. The number of carbonyl (C=O) groups is 1. The normalized spacial score (nSPS) is 12.5. The monoisotopic (exact) mass is 286 g/mol. The van der Waals surface area contributed by atoms with Gasteiger partial charge in [-0.3, -0.25) is 4.72 Å². The first kappa shape index (κ1) is 14.9. The lowest BCUT2D eigenvalue weighted by Gasteiger charge is -2.13. The molecule has 0 spiro atoms. The molecular weight excluding hydrogens is 275 g/mol. The van der Waals surface area contributed by atoms with Crippen molar-refractivity contribution in [2.45, 2.75) is 18.6 Å². The molecule has 2 N–H and O–H groups in total. The molecule has 0 amide bonds. The predicted octanol–water partition coefficient (Wildman–Crippen LogP) is 1.57. The highest BCUT2D eigenvalue weighted by Gasteiger charge is 2.25. The number of halogens is 1. The van der Waals surface area contributed by atoms with Gasteiger partial charge in [0.2, 0.25) is 10.0 Å². The third kappa shape index (κ3) is 3.42. The zero-order valence-electron chi connectivity index (χ0n) is 9.92. The van der Waals surface area contributed by atoms with Crippen molar-refractivity contribution in [3.8, 4) is 6.07 Å². The molecule has 6 nitrogen and oxygen atoms in total. The molecule has 0 heterocycles. The van der Waals surface area contributed by atoms with E-state index in [0.29, 0.717) is 0 Å². The summed E-state index contributed by atoms with van der Waals surface area (Å²) in [4.78, 5) is 10.9. The quantitative estimate of drug-likeness (QED) is 0.854. The summed E-state index contributed by atoms with van der Waals surface area (Å²) in [6.45, 7) is 1.50. The van der Waals surface area contributed by atoms with Crippen LogP contribution in [0.2, 0.25) is 0 Å². The van der Waals surface area contributed by atoms with Crippen LogP contribution in [-0.4, -0.2) is 24.7 Å². The first-order chi connectivity index (χ1) is 8.81. The number of benzene rings is 1. The minimum atomic E-state index is -4.09. The average molecular weight is 286 g/mol. The van der Waals surface area contributed by atoms with Gasteiger partial charge in [-0.05, 0) is 24.6 Å². The van der Waals surface area contributed by atoms with Gasteiger partial charge in [-0.25, -0.2) is 17.6 Å². The molecule has 0 saturated heterocycles. The van der Waals surface area contributed by atoms with E-state index in [1.54, 1.807) is 6.07 Å². The molecule has 0 aromatic heterocycles. The fourth-order valence-corrected chi connectivity index (χ4v) is 2.59. The summed E-state index contributed by atoms with van der Waals surface area (Å²) < 4.78 is 38.6. The Bertz CT molecular complexity index is 637. The van der Waals surface area contributed by atoms with Crippen molar-refractivity contribution in [1.82, 2.24) is 0 Å². The second kappa shape index (κ2) is 5.67. The molecule has 0 aliphatic carbocycles. The number of nitrogens with one attached hydrogen (secondary N) is 1. The van der Waals surface area contributed by atoms with Crippen LogP contribution in [0.1, 0.15) is 23.7 Å². The molecule has 0 bridgehead atoms. The Morgan fingerprint density at radius 3 is 2.68 bits per heavy atom. The van der Waals surface area contributed by atoms with E-state index in [0.717, 1.165) is 18.2 Å². The van der Waals surface area contributed by atoms with Crippen LogP contribution < -0.4 is 4.72 Å². The number of rotatable bonds is 5. The molecule has 1 aromatic rings. The Morgan fingerprint density at radius 2 is 2.21 bits per heavy atom. The van der Waals surface area contributed by atoms with Crippen LogP contribution in [0.4, 0.5) is 10.1 Å². The molecule has 1 aromatic carbocycles. The number of hydrogen-bond donors (Lipinski definition) is 2. The number of sulfonamides is 1. The molecule has 1 unspecified atom stereocenters. The zero-order valence-corrected chi connectivity index (χ0v) is 10.7. The van der Waals surface area contributed by atoms with E-state index in [2.05, 4.69) is 0 Å². The molecule has 0 aliphatic heterocycles. The summed E-state index contributed by atoms with van der Waals surface area (Å²) in [5.74, 6) is -2.18. The van der Waals surface area contributed by atoms with E-state index < -0.39 is 38.3 Å². The third-order valence-corrected chi connectivity index (χ3v) is 4.05. The number of nitriles is 1. The molecule has 0 saturated carbocycles. The summed E-state index contributed by atoms with van der Waals surface area (Å²) >= 11 is 0. The Labute approximate surface area is 109 Å². The van der Waals surface area contributed by atoms with E-state index in [9.17, 15) is 17.6 Å². The summed E-state index contributed by atoms with van der Waals surface area (Å²) in [7, 11) is -4.09. The number of carboxylic acids is 1. The lowest BCUT2D eigenvalue weighted by molar-refractivity contribution is 0.0698. The molecule has 0 fully saturated rings. The lowest BCUT2D eigenvalue weighted by atomic mass is 10.2. The number of aromatic carboxylic acids is 1. The third-order valence-electron chi connectivity index (χ3n) is 2.35. The van der Waals surface area contributed by atoms with Gasteiger partial charge >= 0.3 is 5.97 Å². The first-order valence-electron chi connectivity index (χ1n) is 5.26. The van der Waals surface area contributed by atoms with Crippen molar-refractivity contribution in [2.24, 2.45) is 0 Å². The maximum absolute atomic E-state index is 13.1. The molecule has 102 valence electrons. The first-order valence-corrected chi connectivity index (χ1v) is 6.80. The van der Waals surface area contributed by atoms with Crippen LogP contribution in [0, 0.1) is 17.1 Å². The van der Waals surface area contributed by atoms with Gasteiger partial charge in [0.05, 0.1) is 17.3 Å². The Hall–Kier alpha value is -2.14. The van der Waals surface area contributed by atoms with Crippen LogP contribution in [0.25, 0.3) is 0 Å². The van der Waals surface area contributed by atoms with Gasteiger partial charge in [0.15, 0.2) is 5.25 Å². The highest BCUT2D eigenvalue weighted by atomic mass is 32.2. The number of nitrogens with zero attached hydrogens (tertiary/aromatic N) is 1. The van der Waals surface area contributed by atoms with E-state index in [1.807, 2.05) is 4.72 Å². The fraction of sp³-hybridized carbons (Fsp3) is 0.273. The Morgan fingerprint density at radius 1 is 1.58 bits per heavy atom. The van der Waals surface area contributed by atoms with E-state index in [1.165, 1.54) is 6.92 Å². The van der Waals surface area contributed by atoms with Crippen molar-refractivity contribution in [3.63, 3.8) is 0 Å². The van der Waals surface area contributed by atoms with Crippen LogP contribution >= 0.6 is 0 Å². The van der Waals surface area contributed by atoms with E-state index in [-0.39, 0.29) is 6.42 Å². The van der Waals surface area contributed by atoms with Crippen molar-refractivity contribution in [3.05, 3.63) is 29.6 Å². The van der Waals surface area contributed by atoms with Crippen LogP contribution in [-0.2, 0) is 10.0 Å². The number of hydrogen-bond acceptors (Lipinski definition) is 4. The van der Waals surface area contributed by atoms with Gasteiger partial charge in [0.1, 0.15) is 5.82 Å². The minimum Gasteiger partial charge on any atom is -0.478 e. The number of anilines is 1. The second-order valence-corrected chi connectivity index (χ2v) is 5.53. The average Bonchev–Trinajstić information content (AvgIpc) is 2.28. The molecule has 0 radical (unpaired) electrons. The summed E-state index contributed by atoms with van der Waals surface area (Å²) in [5.41, 5.74) is -0.793.